The van der Waals surface area contributed by atoms with Crippen molar-refractivity contribution in [2.24, 2.45) is 11.1 Å². The minimum atomic E-state index is -0.0543. The minimum Gasteiger partial charge on any atom is -0.396 e. The lowest BCUT2D eigenvalue weighted by Gasteiger charge is -2.26. The van der Waals surface area contributed by atoms with E-state index in [1.165, 1.54) is 16.7 Å². The Kier molecular flexibility index (Phi) is 3.28. The molecular formula is C16H25NO. The van der Waals surface area contributed by atoms with Crippen LogP contribution in [0.5, 0.6) is 0 Å². The van der Waals surface area contributed by atoms with Gasteiger partial charge in [-0.15, -0.1) is 0 Å². The molecule has 1 aromatic carbocycles. The van der Waals surface area contributed by atoms with Crippen molar-refractivity contribution in [2.45, 2.75) is 52.0 Å². The molecular weight excluding hydrogens is 222 g/mol. The molecule has 18 heavy (non-hydrogen) atoms. The maximum absolute atomic E-state index is 9.53. The van der Waals surface area contributed by atoms with Gasteiger partial charge in [0.25, 0.3) is 0 Å². The van der Waals surface area contributed by atoms with Crippen LogP contribution in [-0.4, -0.2) is 11.7 Å². The zero-order chi connectivity index (χ0) is 13.6. The molecule has 0 radical (unpaired) electrons. The van der Waals surface area contributed by atoms with E-state index in [1.807, 2.05) is 0 Å². The van der Waals surface area contributed by atoms with Crippen molar-refractivity contribution in [2.75, 3.05) is 6.61 Å². The molecule has 1 fully saturated rings. The summed E-state index contributed by atoms with van der Waals surface area (Å²) in [6, 6.07) is 6.54. The molecule has 0 heterocycles. The first-order valence-corrected chi connectivity index (χ1v) is 6.78. The number of hydrogen-bond donors (Lipinski definition) is 2. The van der Waals surface area contributed by atoms with Crippen LogP contribution >= 0.6 is 0 Å². The molecule has 2 nitrogen and oxygen atoms in total. The summed E-state index contributed by atoms with van der Waals surface area (Å²) >= 11 is 0. The van der Waals surface area contributed by atoms with Gasteiger partial charge in [-0.25, -0.2) is 0 Å². The predicted octanol–water partition coefficient (Wildman–Crippen LogP) is 3.06. The van der Waals surface area contributed by atoms with Gasteiger partial charge in [-0.1, -0.05) is 39.0 Å². The molecule has 0 aromatic heterocycles. The number of hydrogen-bond acceptors (Lipinski definition) is 2. The Hall–Kier alpha value is -0.860. The number of benzene rings is 1. The fourth-order valence-corrected chi connectivity index (χ4v) is 2.50. The molecule has 1 saturated carbocycles. The monoisotopic (exact) mass is 247 g/mol. The molecule has 1 unspecified atom stereocenters. The normalized spacial score (nSPS) is 19.7. The number of rotatable bonds is 3. The molecule has 0 spiro atoms. The third-order valence-electron chi connectivity index (χ3n) is 4.35. The average molecular weight is 247 g/mol. The van der Waals surface area contributed by atoms with E-state index in [0.29, 0.717) is 0 Å². The van der Waals surface area contributed by atoms with Crippen molar-refractivity contribution in [1.82, 2.24) is 0 Å². The van der Waals surface area contributed by atoms with Crippen LogP contribution in [0, 0.1) is 12.3 Å². The van der Waals surface area contributed by atoms with Gasteiger partial charge < -0.3 is 10.8 Å². The predicted molar refractivity (Wildman–Crippen MR) is 75.6 cm³/mol. The Morgan fingerprint density at radius 2 is 1.94 bits per heavy atom. The van der Waals surface area contributed by atoms with Crippen molar-refractivity contribution in [3.63, 3.8) is 0 Å². The van der Waals surface area contributed by atoms with Crippen molar-refractivity contribution < 1.29 is 5.11 Å². The smallest absolute Gasteiger partial charge is 0.0505 e. The highest BCUT2D eigenvalue weighted by Crippen LogP contribution is 2.54. The van der Waals surface area contributed by atoms with Crippen molar-refractivity contribution in [3.8, 4) is 0 Å². The van der Waals surface area contributed by atoms with E-state index in [4.69, 9.17) is 5.73 Å². The Balaban J connectivity index is 2.38. The summed E-state index contributed by atoms with van der Waals surface area (Å²) in [5, 5.41) is 9.53. The van der Waals surface area contributed by atoms with E-state index in [9.17, 15) is 5.11 Å². The quantitative estimate of drug-likeness (QED) is 0.862. The average Bonchev–Trinajstić information content (AvgIpc) is 3.08. The summed E-state index contributed by atoms with van der Waals surface area (Å²) in [6.07, 6.45) is 2.09. The van der Waals surface area contributed by atoms with Crippen LogP contribution in [0.2, 0.25) is 0 Å². The van der Waals surface area contributed by atoms with Crippen LogP contribution in [0.1, 0.15) is 56.3 Å². The first-order chi connectivity index (χ1) is 8.30. The summed E-state index contributed by atoms with van der Waals surface area (Å²) < 4.78 is 0. The summed E-state index contributed by atoms with van der Waals surface area (Å²) in [7, 11) is 0. The zero-order valence-electron chi connectivity index (χ0n) is 12.0. The fraction of sp³-hybridized carbons (Fsp3) is 0.625. The van der Waals surface area contributed by atoms with Gasteiger partial charge >= 0.3 is 0 Å². The molecule has 3 N–H and O–H groups in total. The van der Waals surface area contributed by atoms with E-state index in [1.54, 1.807) is 0 Å². The minimum absolute atomic E-state index is 0.0372. The molecule has 2 rings (SSSR count). The molecule has 1 aromatic rings. The number of aliphatic hydroxyl groups is 1. The number of aliphatic hydroxyl groups excluding tert-OH is 1. The molecule has 0 saturated heterocycles. The molecule has 1 atom stereocenters. The summed E-state index contributed by atoms with van der Waals surface area (Å²) in [4.78, 5) is 0. The lowest BCUT2D eigenvalue weighted by Crippen LogP contribution is -2.27. The third kappa shape index (κ3) is 2.32. The van der Waals surface area contributed by atoms with E-state index in [-0.39, 0.29) is 23.5 Å². The molecule has 0 bridgehead atoms. The van der Waals surface area contributed by atoms with Gasteiger partial charge in [0.15, 0.2) is 0 Å². The van der Waals surface area contributed by atoms with E-state index in [2.05, 4.69) is 45.9 Å². The SMILES string of the molecule is Cc1ccc(C(C)(C)C)cc1C(N)C1(CO)CC1. The number of aryl methyl sites for hydroxylation is 1. The topological polar surface area (TPSA) is 46.2 Å². The van der Waals surface area contributed by atoms with E-state index in [0.717, 1.165) is 12.8 Å². The molecule has 0 amide bonds. The second-order valence-corrected chi connectivity index (χ2v) is 6.82. The van der Waals surface area contributed by atoms with Gasteiger partial charge in [-0.05, 0) is 41.9 Å². The van der Waals surface area contributed by atoms with Crippen LogP contribution in [0.3, 0.4) is 0 Å². The maximum atomic E-state index is 9.53. The Morgan fingerprint density at radius 3 is 2.39 bits per heavy atom. The summed E-state index contributed by atoms with van der Waals surface area (Å²) in [5.74, 6) is 0. The molecule has 1 aliphatic carbocycles. The van der Waals surface area contributed by atoms with Gasteiger partial charge in [0.1, 0.15) is 0 Å². The largest absolute Gasteiger partial charge is 0.396 e. The third-order valence-corrected chi connectivity index (χ3v) is 4.35. The van der Waals surface area contributed by atoms with Gasteiger partial charge in [-0.2, -0.15) is 0 Å². The van der Waals surface area contributed by atoms with Crippen LogP contribution in [-0.2, 0) is 5.41 Å². The Bertz CT molecular complexity index is 441. The second kappa shape index (κ2) is 4.36. The highest BCUT2D eigenvalue weighted by atomic mass is 16.3. The second-order valence-electron chi connectivity index (χ2n) is 6.82. The van der Waals surface area contributed by atoms with Crippen LogP contribution < -0.4 is 5.73 Å². The van der Waals surface area contributed by atoms with Gasteiger partial charge in [-0.3, -0.25) is 0 Å². The fourth-order valence-electron chi connectivity index (χ4n) is 2.50. The molecule has 100 valence electrons. The summed E-state index contributed by atoms with van der Waals surface area (Å²) in [6.45, 7) is 8.95. The standard InChI is InChI=1S/C16H25NO/c1-11-5-6-12(15(2,3)4)9-13(11)14(17)16(10-18)7-8-16/h5-6,9,14,18H,7-8,10,17H2,1-4H3. The lowest BCUT2D eigenvalue weighted by atomic mass is 9.82. The zero-order valence-corrected chi connectivity index (χ0v) is 12.0. The maximum Gasteiger partial charge on any atom is 0.0505 e. The van der Waals surface area contributed by atoms with E-state index < -0.39 is 0 Å². The van der Waals surface area contributed by atoms with Gasteiger partial charge in [0.2, 0.25) is 0 Å². The van der Waals surface area contributed by atoms with Crippen LogP contribution in [0.4, 0.5) is 0 Å². The molecule has 1 aliphatic rings. The van der Waals surface area contributed by atoms with Gasteiger partial charge in [0.05, 0.1) is 6.61 Å². The van der Waals surface area contributed by atoms with Crippen molar-refractivity contribution in [3.05, 3.63) is 34.9 Å². The Morgan fingerprint density at radius 1 is 1.33 bits per heavy atom. The van der Waals surface area contributed by atoms with Crippen molar-refractivity contribution >= 4 is 0 Å². The number of nitrogens with two attached hydrogens (primary N) is 1. The first-order valence-electron chi connectivity index (χ1n) is 6.78. The van der Waals surface area contributed by atoms with Crippen LogP contribution in [0.25, 0.3) is 0 Å². The highest BCUT2D eigenvalue weighted by Gasteiger charge is 2.48. The van der Waals surface area contributed by atoms with Crippen LogP contribution in [0.15, 0.2) is 18.2 Å². The van der Waals surface area contributed by atoms with Gasteiger partial charge in [0, 0.05) is 11.5 Å². The lowest BCUT2D eigenvalue weighted by molar-refractivity contribution is 0.187. The van der Waals surface area contributed by atoms with E-state index >= 15 is 0 Å². The van der Waals surface area contributed by atoms with Crippen molar-refractivity contribution in [1.29, 1.82) is 0 Å². The molecule has 0 aliphatic heterocycles. The highest BCUT2D eigenvalue weighted by molar-refractivity contribution is 5.38. The molecule has 2 heteroatoms. The first kappa shape index (κ1) is 13.6. The Labute approximate surface area is 110 Å². The summed E-state index contributed by atoms with van der Waals surface area (Å²) in [5.41, 5.74) is 10.2.